The number of carbonyl (C=O) groups excluding carboxylic acids is 1. The zero-order valence-corrected chi connectivity index (χ0v) is 22.8. The van der Waals surface area contributed by atoms with Crippen molar-refractivity contribution in [3.63, 3.8) is 0 Å². The predicted molar refractivity (Wildman–Crippen MR) is 154 cm³/mol. The fraction of sp³-hybridized carbons (Fsp3) is 0.207. The molecule has 1 aliphatic heterocycles. The third kappa shape index (κ3) is 5.03. The smallest absolute Gasteiger partial charge is 0.250 e. The van der Waals surface area contributed by atoms with E-state index in [1.54, 1.807) is 6.20 Å². The van der Waals surface area contributed by atoms with E-state index in [1.165, 1.54) is 7.11 Å². The van der Waals surface area contributed by atoms with Crippen LogP contribution in [0.2, 0.25) is 5.02 Å². The Bertz CT molecular complexity index is 1490. The van der Waals surface area contributed by atoms with E-state index in [-0.39, 0.29) is 24.6 Å². The van der Waals surface area contributed by atoms with Crippen LogP contribution in [-0.4, -0.2) is 29.7 Å². The Kier molecular flexibility index (Phi) is 7.46. The molecule has 0 aliphatic carbocycles. The topological polar surface area (TPSA) is 79.6 Å². The van der Waals surface area contributed by atoms with Gasteiger partial charge in [-0.1, -0.05) is 29.8 Å². The largest absolute Gasteiger partial charge is 0.459 e. The molecule has 0 unspecified atom stereocenters. The number of hydrogen-bond donors (Lipinski definition) is 2. The molecule has 38 heavy (non-hydrogen) atoms. The van der Waals surface area contributed by atoms with Crippen LogP contribution in [0.15, 0.2) is 77.3 Å². The van der Waals surface area contributed by atoms with Gasteiger partial charge in [0.2, 0.25) is 5.91 Å². The van der Waals surface area contributed by atoms with Gasteiger partial charge in [0.15, 0.2) is 5.11 Å². The van der Waals surface area contributed by atoms with Crippen molar-refractivity contribution in [2.24, 2.45) is 0 Å². The number of thiocarbonyl (C=S) groups is 1. The maximum atomic E-state index is 12.1. The van der Waals surface area contributed by atoms with Crippen molar-refractivity contribution in [2.45, 2.75) is 25.9 Å². The number of rotatable bonds is 7. The SMILES string of the molecule is COCC(=O)Nc1ccc(N2C(=S)N[C@@H](c3ccccn3)[C@@H]2c2ccc(-c3cccc(Cl)c3C)o2)cc1C. The number of anilines is 2. The molecular formula is C29H27ClN4O3S. The monoisotopic (exact) mass is 546 g/mol. The molecule has 0 spiro atoms. The van der Waals surface area contributed by atoms with Crippen molar-refractivity contribution in [3.05, 3.63) is 101 Å². The second kappa shape index (κ2) is 10.9. The number of furan rings is 1. The molecule has 1 amide bonds. The number of halogens is 1. The molecule has 7 nitrogen and oxygen atoms in total. The van der Waals surface area contributed by atoms with Gasteiger partial charge in [0.05, 0.1) is 11.7 Å². The van der Waals surface area contributed by atoms with Crippen molar-refractivity contribution < 1.29 is 13.9 Å². The highest BCUT2D eigenvalue weighted by atomic mass is 35.5. The molecular weight excluding hydrogens is 520 g/mol. The third-order valence-corrected chi connectivity index (χ3v) is 7.31. The summed E-state index contributed by atoms with van der Waals surface area (Å²) in [5.41, 5.74) is 5.21. The predicted octanol–water partition coefficient (Wildman–Crippen LogP) is 6.37. The number of ether oxygens (including phenoxy) is 1. The first-order valence-electron chi connectivity index (χ1n) is 12.1. The fourth-order valence-corrected chi connectivity index (χ4v) is 5.23. The van der Waals surface area contributed by atoms with Gasteiger partial charge in [-0.25, -0.2) is 0 Å². The molecule has 4 aromatic rings. The lowest BCUT2D eigenvalue weighted by atomic mass is 10.0. The molecule has 0 saturated carbocycles. The van der Waals surface area contributed by atoms with E-state index in [0.29, 0.717) is 15.8 Å². The third-order valence-electron chi connectivity index (χ3n) is 6.59. The van der Waals surface area contributed by atoms with E-state index >= 15 is 0 Å². The number of carbonyl (C=O) groups is 1. The van der Waals surface area contributed by atoms with Crippen molar-refractivity contribution in [2.75, 3.05) is 23.9 Å². The quantitative estimate of drug-likeness (QED) is 0.261. The first-order chi connectivity index (χ1) is 18.4. The number of benzene rings is 2. The number of amides is 1. The molecule has 2 N–H and O–H groups in total. The zero-order valence-electron chi connectivity index (χ0n) is 21.2. The van der Waals surface area contributed by atoms with E-state index in [2.05, 4.69) is 15.6 Å². The lowest BCUT2D eigenvalue weighted by Gasteiger charge is -2.27. The van der Waals surface area contributed by atoms with Crippen LogP contribution in [-0.2, 0) is 9.53 Å². The summed E-state index contributed by atoms with van der Waals surface area (Å²) in [6, 6.07) is 20.8. The highest BCUT2D eigenvalue weighted by Gasteiger charge is 2.42. The Hall–Kier alpha value is -3.72. The summed E-state index contributed by atoms with van der Waals surface area (Å²) in [6.07, 6.45) is 1.77. The van der Waals surface area contributed by atoms with Gasteiger partial charge in [0.25, 0.3) is 0 Å². The van der Waals surface area contributed by atoms with Crippen LogP contribution in [0.4, 0.5) is 11.4 Å². The Morgan fingerprint density at radius 1 is 1.16 bits per heavy atom. The highest BCUT2D eigenvalue weighted by molar-refractivity contribution is 7.80. The van der Waals surface area contributed by atoms with Gasteiger partial charge in [0.1, 0.15) is 24.2 Å². The number of nitrogens with zero attached hydrogens (tertiary/aromatic N) is 2. The van der Waals surface area contributed by atoms with Crippen LogP contribution >= 0.6 is 23.8 Å². The second-order valence-electron chi connectivity index (χ2n) is 9.09. The average molecular weight is 547 g/mol. The standard InChI is InChI=1S/C29H27ClN4O3S/c1-17-15-19(10-11-22(17)32-26(35)16-36-3)34-28(27(33-29(34)38)23-9-4-5-14-31-23)25-13-12-24(37-25)20-7-6-8-21(30)18(20)2/h4-15,27-28H,16H2,1-3H3,(H,32,35)(H,33,38)/t27-,28-/m0/s1. The molecule has 2 aromatic heterocycles. The van der Waals surface area contributed by atoms with Crippen LogP contribution in [0.1, 0.15) is 34.7 Å². The number of aromatic nitrogens is 1. The number of methoxy groups -OCH3 is 1. The number of nitrogens with one attached hydrogen (secondary N) is 2. The first kappa shape index (κ1) is 25.9. The fourth-order valence-electron chi connectivity index (χ4n) is 4.71. The van der Waals surface area contributed by atoms with Gasteiger partial charge in [-0.05, 0) is 85.7 Å². The normalized spacial score (nSPS) is 16.9. The van der Waals surface area contributed by atoms with E-state index in [1.807, 2.05) is 85.5 Å². The summed E-state index contributed by atoms with van der Waals surface area (Å²) in [4.78, 5) is 18.7. The molecule has 1 aliphatic rings. The molecule has 9 heteroatoms. The molecule has 0 radical (unpaired) electrons. The molecule has 194 valence electrons. The van der Waals surface area contributed by atoms with Gasteiger partial charge < -0.3 is 24.7 Å². The Labute approximate surface area is 231 Å². The van der Waals surface area contributed by atoms with Crippen LogP contribution in [0, 0.1) is 13.8 Å². The van der Waals surface area contributed by atoms with Gasteiger partial charge in [-0.15, -0.1) is 0 Å². The van der Waals surface area contributed by atoms with Crippen LogP contribution in [0.5, 0.6) is 0 Å². The van der Waals surface area contributed by atoms with Crippen molar-refractivity contribution >= 4 is 46.2 Å². The van der Waals surface area contributed by atoms with E-state index < -0.39 is 0 Å². The van der Waals surface area contributed by atoms with Crippen molar-refractivity contribution in [1.29, 1.82) is 0 Å². The minimum absolute atomic E-state index is 0.0118. The van der Waals surface area contributed by atoms with E-state index in [9.17, 15) is 4.79 Å². The maximum absolute atomic E-state index is 12.1. The first-order valence-corrected chi connectivity index (χ1v) is 12.9. The van der Waals surface area contributed by atoms with Gasteiger partial charge in [-0.2, -0.15) is 0 Å². The lowest BCUT2D eigenvalue weighted by molar-refractivity contribution is -0.119. The summed E-state index contributed by atoms with van der Waals surface area (Å²) in [5, 5.41) is 7.57. The molecule has 2 aromatic carbocycles. The van der Waals surface area contributed by atoms with E-state index in [0.717, 1.165) is 39.6 Å². The molecule has 1 saturated heterocycles. The summed E-state index contributed by atoms with van der Waals surface area (Å²) in [5.74, 6) is 1.25. The average Bonchev–Trinajstić information content (AvgIpc) is 3.52. The molecule has 1 fully saturated rings. The Morgan fingerprint density at radius 3 is 2.74 bits per heavy atom. The highest BCUT2D eigenvalue weighted by Crippen LogP contribution is 2.44. The van der Waals surface area contributed by atoms with Gasteiger partial charge >= 0.3 is 0 Å². The number of aryl methyl sites for hydroxylation is 1. The summed E-state index contributed by atoms with van der Waals surface area (Å²) in [6.45, 7) is 3.91. The minimum atomic E-state index is -0.307. The Morgan fingerprint density at radius 2 is 2.00 bits per heavy atom. The van der Waals surface area contributed by atoms with Crippen LogP contribution in [0.25, 0.3) is 11.3 Å². The second-order valence-corrected chi connectivity index (χ2v) is 9.89. The molecule has 0 bridgehead atoms. The lowest BCUT2D eigenvalue weighted by Crippen LogP contribution is -2.29. The van der Waals surface area contributed by atoms with Crippen LogP contribution < -0.4 is 15.5 Å². The summed E-state index contributed by atoms with van der Waals surface area (Å²) in [7, 11) is 1.49. The summed E-state index contributed by atoms with van der Waals surface area (Å²) >= 11 is 12.2. The van der Waals surface area contributed by atoms with Crippen molar-refractivity contribution in [1.82, 2.24) is 10.3 Å². The van der Waals surface area contributed by atoms with E-state index in [4.69, 9.17) is 33.0 Å². The number of hydrogen-bond acceptors (Lipinski definition) is 5. The molecule has 5 rings (SSSR count). The number of pyridine rings is 1. The van der Waals surface area contributed by atoms with Gasteiger partial charge in [0, 0.05) is 35.3 Å². The molecule has 2 atom stereocenters. The maximum Gasteiger partial charge on any atom is 0.250 e. The van der Waals surface area contributed by atoms with Crippen molar-refractivity contribution in [3.8, 4) is 11.3 Å². The Balaban J connectivity index is 1.55. The minimum Gasteiger partial charge on any atom is -0.459 e. The van der Waals surface area contributed by atoms with Gasteiger partial charge in [-0.3, -0.25) is 9.78 Å². The molecule has 3 heterocycles. The van der Waals surface area contributed by atoms with Crippen LogP contribution in [0.3, 0.4) is 0 Å². The zero-order chi connectivity index (χ0) is 26.8. The summed E-state index contributed by atoms with van der Waals surface area (Å²) < 4.78 is 11.4.